The second kappa shape index (κ2) is 11.0. The van der Waals surface area contributed by atoms with E-state index in [1.807, 2.05) is 6.08 Å². The number of hydrogen-bond acceptors (Lipinski definition) is 2. The van der Waals surface area contributed by atoms with E-state index in [9.17, 15) is 4.79 Å². The van der Waals surface area contributed by atoms with Gasteiger partial charge in [-0.25, -0.2) is 0 Å². The Morgan fingerprint density at radius 3 is 2.60 bits per heavy atom. The maximum atomic E-state index is 10.7. The molecule has 0 aromatic carbocycles. The first-order chi connectivity index (χ1) is 7.31. The average Bonchev–Trinajstić information content (AvgIpc) is 2.26. The lowest BCUT2D eigenvalue weighted by Crippen LogP contribution is -1.94. The van der Waals surface area contributed by atoms with E-state index < -0.39 is 0 Å². The Balaban J connectivity index is 3.33. The molecule has 0 N–H and O–H groups in total. The molecular weight excluding hydrogens is 188 g/mol. The highest BCUT2D eigenvalue weighted by Gasteiger charge is 1.91. The van der Waals surface area contributed by atoms with Gasteiger partial charge in [-0.05, 0) is 18.9 Å². The highest BCUT2D eigenvalue weighted by atomic mass is 16.5. The fourth-order valence-electron chi connectivity index (χ4n) is 1.11. The molecule has 0 radical (unpaired) electrons. The van der Waals surface area contributed by atoms with Crippen molar-refractivity contribution in [3.63, 3.8) is 0 Å². The van der Waals surface area contributed by atoms with Crippen molar-refractivity contribution in [1.82, 2.24) is 0 Å². The van der Waals surface area contributed by atoms with Crippen LogP contribution in [0.15, 0.2) is 24.5 Å². The normalized spacial score (nSPS) is 11.3. The van der Waals surface area contributed by atoms with Crippen molar-refractivity contribution in [3.05, 3.63) is 24.5 Å². The number of hydrogen-bond donors (Lipinski definition) is 0. The summed E-state index contributed by atoms with van der Waals surface area (Å²) in [5, 5.41) is 0. The molecule has 0 spiro atoms. The summed E-state index contributed by atoms with van der Waals surface area (Å²) in [6, 6.07) is 0. The molecule has 0 heterocycles. The van der Waals surface area contributed by atoms with Gasteiger partial charge in [0.2, 0.25) is 0 Å². The zero-order valence-electron chi connectivity index (χ0n) is 9.87. The highest BCUT2D eigenvalue weighted by Crippen LogP contribution is 2.02. The van der Waals surface area contributed by atoms with Crippen LogP contribution in [0.1, 0.15) is 52.4 Å². The molecule has 86 valence electrons. The predicted molar refractivity (Wildman–Crippen MR) is 63.4 cm³/mol. The first kappa shape index (κ1) is 13.9. The third-order valence-corrected chi connectivity index (χ3v) is 2.04. The summed E-state index contributed by atoms with van der Waals surface area (Å²) in [6.45, 7) is 3.99. The van der Waals surface area contributed by atoms with Gasteiger partial charge in [-0.15, -0.1) is 0 Å². The Morgan fingerprint density at radius 1 is 1.13 bits per heavy atom. The van der Waals surface area contributed by atoms with Gasteiger partial charge in [0.1, 0.15) is 0 Å². The van der Waals surface area contributed by atoms with Crippen LogP contribution in [0, 0.1) is 0 Å². The molecule has 0 saturated carbocycles. The minimum absolute atomic E-state index is 0.192. The van der Waals surface area contributed by atoms with Gasteiger partial charge in [-0.2, -0.15) is 0 Å². The maximum Gasteiger partial charge on any atom is 0.310 e. The van der Waals surface area contributed by atoms with Gasteiger partial charge >= 0.3 is 5.97 Å². The molecule has 0 fully saturated rings. The fraction of sp³-hybridized carbons (Fsp3) is 0.615. The first-order valence-corrected chi connectivity index (χ1v) is 5.82. The zero-order chi connectivity index (χ0) is 11.4. The topological polar surface area (TPSA) is 26.3 Å². The first-order valence-electron chi connectivity index (χ1n) is 5.82. The smallest absolute Gasteiger partial charge is 0.310 e. The molecule has 0 aromatic heterocycles. The Bertz CT molecular complexity index is 205. The lowest BCUT2D eigenvalue weighted by molar-refractivity contribution is -0.137. The molecule has 0 atom stereocenters. The second-order valence-electron chi connectivity index (χ2n) is 3.45. The molecule has 0 rings (SSSR count). The Hall–Kier alpha value is -1.05. The summed E-state index contributed by atoms with van der Waals surface area (Å²) in [5.74, 6) is -0.192. The van der Waals surface area contributed by atoms with E-state index in [0.717, 1.165) is 6.42 Å². The van der Waals surface area contributed by atoms with Crippen molar-refractivity contribution in [2.75, 3.05) is 0 Å². The molecule has 0 aromatic rings. The van der Waals surface area contributed by atoms with Gasteiger partial charge in [0.25, 0.3) is 0 Å². The van der Waals surface area contributed by atoms with Crippen molar-refractivity contribution in [2.45, 2.75) is 52.4 Å². The minimum atomic E-state index is -0.192. The van der Waals surface area contributed by atoms with Crippen LogP contribution in [-0.4, -0.2) is 5.97 Å². The van der Waals surface area contributed by atoms with E-state index in [2.05, 4.69) is 13.0 Å². The molecule has 2 nitrogen and oxygen atoms in total. The highest BCUT2D eigenvalue weighted by molar-refractivity contribution is 5.69. The minimum Gasteiger partial charge on any atom is -0.434 e. The van der Waals surface area contributed by atoms with Crippen molar-refractivity contribution < 1.29 is 9.53 Å². The van der Waals surface area contributed by atoms with Gasteiger partial charge in [0, 0.05) is 6.42 Å². The average molecular weight is 210 g/mol. The number of esters is 1. The summed E-state index contributed by atoms with van der Waals surface area (Å²) in [5.41, 5.74) is 0. The quantitative estimate of drug-likeness (QED) is 0.262. The lowest BCUT2D eigenvalue weighted by Gasteiger charge is -1.93. The molecular formula is C13H22O2. The van der Waals surface area contributed by atoms with E-state index in [1.54, 1.807) is 13.0 Å². The summed E-state index contributed by atoms with van der Waals surface area (Å²) in [6.07, 6.45) is 13.9. The van der Waals surface area contributed by atoms with Gasteiger partial charge < -0.3 is 4.74 Å². The summed E-state index contributed by atoms with van der Waals surface area (Å²) < 4.78 is 4.77. The zero-order valence-corrected chi connectivity index (χ0v) is 9.87. The molecule has 2 heteroatoms. The molecule has 0 unspecified atom stereocenters. The standard InChI is InChI=1S/C13H22O2/c1-3-5-6-7-8-9-10-11-12-15-13(14)4-2/h9-12H,3-8H2,1-2H3. The maximum absolute atomic E-state index is 10.7. The van der Waals surface area contributed by atoms with Crippen LogP contribution < -0.4 is 0 Å². The Labute approximate surface area is 93.0 Å². The van der Waals surface area contributed by atoms with Crippen LogP contribution in [0.3, 0.4) is 0 Å². The van der Waals surface area contributed by atoms with E-state index in [4.69, 9.17) is 4.74 Å². The monoisotopic (exact) mass is 210 g/mol. The number of carbonyl (C=O) groups excluding carboxylic acids is 1. The molecule has 0 aliphatic carbocycles. The van der Waals surface area contributed by atoms with Crippen molar-refractivity contribution in [1.29, 1.82) is 0 Å². The molecule has 0 saturated heterocycles. The van der Waals surface area contributed by atoms with E-state index in [-0.39, 0.29) is 5.97 Å². The van der Waals surface area contributed by atoms with Gasteiger partial charge in [-0.3, -0.25) is 4.79 Å². The molecule has 0 aliphatic heterocycles. The molecule has 0 bridgehead atoms. The Kier molecular flexibility index (Phi) is 10.3. The van der Waals surface area contributed by atoms with Crippen molar-refractivity contribution in [2.24, 2.45) is 0 Å². The number of carbonyl (C=O) groups is 1. The second-order valence-corrected chi connectivity index (χ2v) is 3.45. The summed E-state index contributed by atoms with van der Waals surface area (Å²) >= 11 is 0. The van der Waals surface area contributed by atoms with Gasteiger partial charge in [0.05, 0.1) is 6.26 Å². The van der Waals surface area contributed by atoms with Crippen molar-refractivity contribution in [3.8, 4) is 0 Å². The molecule has 0 amide bonds. The van der Waals surface area contributed by atoms with Crippen LogP contribution in [0.5, 0.6) is 0 Å². The van der Waals surface area contributed by atoms with Crippen LogP contribution in [0.4, 0.5) is 0 Å². The number of ether oxygens (including phenoxy) is 1. The third-order valence-electron chi connectivity index (χ3n) is 2.04. The fourth-order valence-corrected chi connectivity index (χ4v) is 1.11. The van der Waals surface area contributed by atoms with E-state index >= 15 is 0 Å². The third kappa shape index (κ3) is 10.9. The van der Waals surface area contributed by atoms with Crippen LogP contribution in [0.25, 0.3) is 0 Å². The molecule has 0 aliphatic rings. The SMILES string of the molecule is CCCCCCC=CC=COC(=O)CC. The Morgan fingerprint density at radius 2 is 1.93 bits per heavy atom. The van der Waals surface area contributed by atoms with Crippen molar-refractivity contribution >= 4 is 5.97 Å². The van der Waals surface area contributed by atoms with Crippen LogP contribution in [0.2, 0.25) is 0 Å². The summed E-state index contributed by atoms with van der Waals surface area (Å²) in [4.78, 5) is 10.7. The van der Waals surface area contributed by atoms with Gasteiger partial charge in [-0.1, -0.05) is 45.3 Å². The van der Waals surface area contributed by atoms with E-state index in [0.29, 0.717) is 6.42 Å². The lowest BCUT2D eigenvalue weighted by atomic mass is 10.1. The van der Waals surface area contributed by atoms with Crippen LogP contribution >= 0.6 is 0 Å². The predicted octanol–water partition coefficient (Wildman–Crippen LogP) is 3.98. The summed E-state index contributed by atoms with van der Waals surface area (Å²) in [7, 11) is 0. The molecule has 15 heavy (non-hydrogen) atoms. The van der Waals surface area contributed by atoms with Gasteiger partial charge in [0.15, 0.2) is 0 Å². The number of unbranched alkanes of at least 4 members (excludes halogenated alkanes) is 4. The number of allylic oxidation sites excluding steroid dienone is 3. The van der Waals surface area contributed by atoms with Crippen LogP contribution in [-0.2, 0) is 9.53 Å². The largest absolute Gasteiger partial charge is 0.434 e. The van der Waals surface area contributed by atoms with E-state index in [1.165, 1.54) is 31.9 Å². The number of rotatable bonds is 8.